The van der Waals surface area contributed by atoms with E-state index in [0.717, 1.165) is 24.1 Å². The lowest BCUT2D eigenvalue weighted by Crippen LogP contribution is -2.48. The van der Waals surface area contributed by atoms with E-state index >= 15 is 0 Å². The summed E-state index contributed by atoms with van der Waals surface area (Å²) in [4.78, 5) is 2.52. The topological polar surface area (TPSA) is 90.5 Å². The van der Waals surface area contributed by atoms with Gasteiger partial charge in [0.2, 0.25) is 10.0 Å². The molecule has 3 rings (SSSR count). The summed E-state index contributed by atoms with van der Waals surface area (Å²) in [5, 5.41) is 7.45. The zero-order valence-electron chi connectivity index (χ0n) is 15.6. The molecule has 27 heavy (non-hydrogen) atoms. The van der Waals surface area contributed by atoms with Crippen molar-refractivity contribution < 1.29 is 8.42 Å². The molecule has 0 unspecified atom stereocenters. The quantitative estimate of drug-likeness (QED) is 0.589. The molecule has 2 aromatic rings. The van der Waals surface area contributed by atoms with Crippen LogP contribution in [-0.4, -0.2) is 44.7 Å². The fourth-order valence-corrected chi connectivity index (χ4v) is 4.73. The van der Waals surface area contributed by atoms with Gasteiger partial charge in [-0.1, -0.05) is 25.5 Å². The van der Waals surface area contributed by atoms with E-state index in [1.54, 1.807) is 16.4 Å². The third kappa shape index (κ3) is 4.31. The molecule has 1 fully saturated rings. The molecule has 0 bridgehead atoms. The maximum Gasteiger partial charge on any atom is 0.243 e. The lowest BCUT2D eigenvalue weighted by Gasteiger charge is -2.35. The average molecular weight is 387 g/mol. The molecule has 0 saturated carbocycles. The number of nitrogens with zero attached hydrogens (tertiary/aromatic N) is 2. The van der Waals surface area contributed by atoms with Gasteiger partial charge >= 0.3 is 0 Å². The van der Waals surface area contributed by atoms with Gasteiger partial charge in [0.25, 0.3) is 0 Å². The number of amidine groups is 1. The molecule has 2 aromatic carbocycles. The van der Waals surface area contributed by atoms with E-state index in [9.17, 15) is 8.42 Å². The monoisotopic (exact) mass is 386 g/mol. The molecular formula is C20H26N4O2S. The van der Waals surface area contributed by atoms with Crippen molar-refractivity contribution in [2.24, 2.45) is 5.73 Å². The highest BCUT2D eigenvalue weighted by Gasteiger charge is 2.28. The van der Waals surface area contributed by atoms with E-state index in [4.69, 9.17) is 11.1 Å². The smallest absolute Gasteiger partial charge is 0.243 e. The van der Waals surface area contributed by atoms with E-state index in [0.29, 0.717) is 36.6 Å². The van der Waals surface area contributed by atoms with Gasteiger partial charge in [-0.2, -0.15) is 4.31 Å². The fourth-order valence-electron chi connectivity index (χ4n) is 3.30. The summed E-state index contributed by atoms with van der Waals surface area (Å²) in [6.45, 7) is 4.28. The van der Waals surface area contributed by atoms with Crippen LogP contribution in [-0.2, 0) is 16.4 Å². The maximum absolute atomic E-state index is 12.9. The first-order valence-corrected chi connectivity index (χ1v) is 10.6. The number of anilines is 1. The molecule has 0 aromatic heterocycles. The molecule has 144 valence electrons. The number of benzene rings is 2. The van der Waals surface area contributed by atoms with Crippen LogP contribution in [0.3, 0.4) is 0 Å². The minimum Gasteiger partial charge on any atom is -0.384 e. The van der Waals surface area contributed by atoms with Gasteiger partial charge in [-0.15, -0.1) is 0 Å². The third-order valence-corrected chi connectivity index (χ3v) is 6.79. The summed E-state index contributed by atoms with van der Waals surface area (Å²) < 4.78 is 27.3. The molecule has 0 radical (unpaired) electrons. The van der Waals surface area contributed by atoms with E-state index in [1.807, 2.05) is 36.4 Å². The molecule has 0 atom stereocenters. The van der Waals surface area contributed by atoms with Gasteiger partial charge in [0.15, 0.2) is 0 Å². The molecular weight excluding hydrogens is 360 g/mol. The molecule has 6 nitrogen and oxygen atoms in total. The number of hydrogen-bond acceptors (Lipinski definition) is 4. The number of aryl methyl sites for hydroxylation is 1. The second kappa shape index (κ2) is 8.10. The Kier molecular flexibility index (Phi) is 5.82. The van der Waals surface area contributed by atoms with Crippen LogP contribution in [0.4, 0.5) is 5.69 Å². The van der Waals surface area contributed by atoms with E-state index in [-0.39, 0.29) is 5.84 Å². The number of nitrogens with two attached hydrogens (primary N) is 1. The van der Waals surface area contributed by atoms with Crippen molar-refractivity contribution in [1.29, 1.82) is 5.41 Å². The van der Waals surface area contributed by atoms with Gasteiger partial charge in [0.1, 0.15) is 5.84 Å². The Balaban J connectivity index is 1.66. The van der Waals surface area contributed by atoms with Crippen LogP contribution in [0.1, 0.15) is 24.5 Å². The van der Waals surface area contributed by atoms with E-state index in [1.165, 1.54) is 0 Å². The van der Waals surface area contributed by atoms with E-state index in [2.05, 4.69) is 11.8 Å². The Hall–Kier alpha value is -2.38. The molecule has 0 amide bonds. The first kappa shape index (κ1) is 19.4. The Morgan fingerprint density at radius 1 is 1.00 bits per heavy atom. The lowest BCUT2D eigenvalue weighted by molar-refractivity contribution is 0.385. The van der Waals surface area contributed by atoms with Crippen molar-refractivity contribution in [1.82, 2.24) is 4.31 Å². The summed E-state index contributed by atoms with van der Waals surface area (Å²) in [6.07, 6.45) is 2.00. The van der Waals surface area contributed by atoms with Gasteiger partial charge in [-0.3, -0.25) is 5.41 Å². The summed E-state index contributed by atoms with van der Waals surface area (Å²) in [5.74, 6) is 0.0439. The van der Waals surface area contributed by atoms with Crippen molar-refractivity contribution >= 4 is 21.5 Å². The normalized spacial score (nSPS) is 15.7. The lowest BCUT2D eigenvalue weighted by atomic mass is 10.1. The van der Waals surface area contributed by atoms with Crippen molar-refractivity contribution in [2.75, 3.05) is 31.1 Å². The molecule has 3 N–H and O–H groups in total. The Labute approximate surface area is 161 Å². The fraction of sp³-hybridized carbons (Fsp3) is 0.350. The number of nitrogen functional groups attached to an aromatic ring is 1. The summed E-state index contributed by atoms with van der Waals surface area (Å²) in [5.41, 5.74) is 8.35. The molecule has 1 heterocycles. The standard InChI is InChI=1S/C20H26N4O2S/c1-2-3-16-4-10-19(11-5-16)27(25,26)24-14-12-23(13-15-24)18-8-6-17(7-9-18)20(21)22/h4-11H,2-3,12-15H2,1H3,(H3,21,22). The predicted octanol–water partition coefficient (Wildman–Crippen LogP) is 2.43. The first-order chi connectivity index (χ1) is 12.9. The number of sulfonamides is 1. The van der Waals surface area contributed by atoms with E-state index < -0.39 is 10.0 Å². The highest BCUT2D eigenvalue weighted by Crippen LogP contribution is 2.22. The minimum atomic E-state index is -3.46. The third-order valence-electron chi connectivity index (χ3n) is 4.88. The summed E-state index contributed by atoms with van der Waals surface area (Å²) in [7, 11) is -3.46. The van der Waals surface area contributed by atoms with Crippen LogP contribution in [0.25, 0.3) is 0 Å². The highest BCUT2D eigenvalue weighted by molar-refractivity contribution is 7.89. The first-order valence-electron chi connectivity index (χ1n) is 9.20. The van der Waals surface area contributed by atoms with Crippen LogP contribution < -0.4 is 10.6 Å². The van der Waals surface area contributed by atoms with Crippen LogP contribution in [0.15, 0.2) is 53.4 Å². The maximum atomic E-state index is 12.9. The van der Waals surface area contributed by atoms with Gasteiger partial charge in [-0.25, -0.2) is 8.42 Å². The predicted molar refractivity (Wildman–Crippen MR) is 109 cm³/mol. The SMILES string of the molecule is CCCc1ccc(S(=O)(=O)N2CCN(c3ccc(C(=N)N)cc3)CC2)cc1. The van der Waals surface area contributed by atoms with Gasteiger partial charge in [0.05, 0.1) is 4.90 Å². The van der Waals surface area contributed by atoms with Crippen LogP contribution in [0, 0.1) is 5.41 Å². The Morgan fingerprint density at radius 3 is 2.11 bits per heavy atom. The highest BCUT2D eigenvalue weighted by atomic mass is 32.2. The van der Waals surface area contributed by atoms with Crippen molar-refractivity contribution in [3.63, 3.8) is 0 Å². The Morgan fingerprint density at radius 2 is 1.59 bits per heavy atom. The van der Waals surface area contributed by atoms with Crippen molar-refractivity contribution in [2.45, 2.75) is 24.7 Å². The summed E-state index contributed by atoms with van der Waals surface area (Å²) in [6, 6.07) is 14.7. The molecule has 1 aliphatic heterocycles. The van der Waals surface area contributed by atoms with Crippen LogP contribution in [0.5, 0.6) is 0 Å². The average Bonchev–Trinajstić information content (AvgIpc) is 2.69. The summed E-state index contributed by atoms with van der Waals surface area (Å²) >= 11 is 0. The second-order valence-corrected chi connectivity index (χ2v) is 8.68. The van der Waals surface area contributed by atoms with Crippen molar-refractivity contribution in [3.8, 4) is 0 Å². The minimum absolute atomic E-state index is 0.0439. The Bertz CT molecular complexity index is 885. The van der Waals surface area contributed by atoms with Gasteiger partial charge < -0.3 is 10.6 Å². The molecule has 1 aliphatic rings. The molecule has 0 spiro atoms. The molecule has 7 heteroatoms. The second-order valence-electron chi connectivity index (χ2n) is 6.75. The number of rotatable bonds is 6. The van der Waals surface area contributed by atoms with Gasteiger partial charge in [-0.05, 0) is 48.4 Å². The largest absolute Gasteiger partial charge is 0.384 e. The van der Waals surface area contributed by atoms with Crippen LogP contribution >= 0.6 is 0 Å². The number of hydrogen-bond donors (Lipinski definition) is 2. The van der Waals surface area contributed by atoms with Crippen LogP contribution in [0.2, 0.25) is 0 Å². The van der Waals surface area contributed by atoms with Crippen molar-refractivity contribution in [3.05, 3.63) is 59.7 Å². The number of piperazine rings is 1. The number of nitrogens with one attached hydrogen (secondary N) is 1. The zero-order valence-corrected chi connectivity index (χ0v) is 16.4. The molecule has 1 saturated heterocycles. The molecule has 0 aliphatic carbocycles. The van der Waals surface area contributed by atoms with Gasteiger partial charge in [0, 0.05) is 37.4 Å². The zero-order chi connectivity index (χ0) is 19.4.